The van der Waals surface area contributed by atoms with Crippen LogP contribution in [0, 0.1) is 5.41 Å². The van der Waals surface area contributed by atoms with Crippen LogP contribution >= 0.6 is 0 Å². The number of nitrogens with one attached hydrogen (secondary N) is 1. The fraction of sp³-hybridized carbons (Fsp3) is 0.917. The summed E-state index contributed by atoms with van der Waals surface area (Å²) in [6.45, 7) is 12.0. The van der Waals surface area contributed by atoms with Gasteiger partial charge in [0, 0.05) is 12.1 Å². The first kappa shape index (κ1) is 15.4. The molecule has 4 heteroatoms. The Morgan fingerprint density at radius 2 is 1.75 bits per heavy atom. The molecule has 1 amide bonds. The summed E-state index contributed by atoms with van der Waals surface area (Å²) in [5.74, 6) is 0.0582. The van der Waals surface area contributed by atoms with E-state index in [2.05, 4.69) is 19.2 Å². The maximum absolute atomic E-state index is 11.7. The monoisotopic (exact) mass is 229 g/mol. The maximum atomic E-state index is 11.7. The Bertz CT molecular complexity index is 231. The molecule has 0 rings (SSSR count). The van der Waals surface area contributed by atoms with Gasteiger partial charge in [-0.15, -0.1) is 0 Å². The summed E-state index contributed by atoms with van der Waals surface area (Å²) in [6.07, 6.45) is 0. The van der Waals surface area contributed by atoms with E-state index in [9.17, 15) is 4.79 Å². The van der Waals surface area contributed by atoms with Gasteiger partial charge in [0.05, 0.1) is 6.54 Å². The van der Waals surface area contributed by atoms with E-state index in [1.54, 1.807) is 0 Å². The van der Waals surface area contributed by atoms with Gasteiger partial charge in [-0.3, -0.25) is 9.69 Å². The highest BCUT2D eigenvalue weighted by Gasteiger charge is 2.20. The van der Waals surface area contributed by atoms with Crippen LogP contribution in [0.25, 0.3) is 0 Å². The Hall–Kier alpha value is -0.610. The summed E-state index contributed by atoms with van der Waals surface area (Å²) in [6, 6.07) is 0. The van der Waals surface area contributed by atoms with Crippen molar-refractivity contribution in [3.8, 4) is 0 Å². The highest BCUT2D eigenvalue weighted by atomic mass is 16.2. The van der Waals surface area contributed by atoms with E-state index in [4.69, 9.17) is 5.73 Å². The normalized spacial score (nSPS) is 13.0. The lowest BCUT2D eigenvalue weighted by Crippen LogP contribution is -2.47. The SMILES string of the molecule is CN(CC(=O)NC(C)(C)C)CC(C)(C)CN. The van der Waals surface area contributed by atoms with Crippen LogP contribution in [-0.4, -0.2) is 43.0 Å². The summed E-state index contributed by atoms with van der Waals surface area (Å²) in [7, 11) is 1.94. The van der Waals surface area contributed by atoms with Gasteiger partial charge < -0.3 is 11.1 Å². The smallest absolute Gasteiger partial charge is 0.234 e. The third-order valence-corrected chi connectivity index (χ3v) is 2.18. The highest BCUT2D eigenvalue weighted by molar-refractivity contribution is 5.78. The van der Waals surface area contributed by atoms with Crippen LogP contribution in [0.15, 0.2) is 0 Å². The van der Waals surface area contributed by atoms with Gasteiger partial charge in [-0.25, -0.2) is 0 Å². The summed E-state index contributed by atoms with van der Waals surface area (Å²) in [5, 5.41) is 2.94. The van der Waals surface area contributed by atoms with E-state index in [1.165, 1.54) is 0 Å². The zero-order valence-corrected chi connectivity index (χ0v) is 11.6. The first-order valence-corrected chi connectivity index (χ1v) is 5.75. The molecule has 0 aromatic rings. The largest absolute Gasteiger partial charge is 0.350 e. The molecule has 0 unspecified atom stereocenters. The Morgan fingerprint density at radius 1 is 1.25 bits per heavy atom. The molecule has 0 aromatic heterocycles. The molecule has 3 N–H and O–H groups in total. The maximum Gasteiger partial charge on any atom is 0.234 e. The van der Waals surface area contributed by atoms with E-state index in [0.717, 1.165) is 6.54 Å². The van der Waals surface area contributed by atoms with E-state index in [1.807, 2.05) is 32.7 Å². The zero-order chi connectivity index (χ0) is 13.0. The van der Waals surface area contributed by atoms with Crippen LogP contribution in [-0.2, 0) is 4.79 Å². The number of carbonyl (C=O) groups excluding carboxylic acids is 1. The molecule has 0 heterocycles. The van der Waals surface area contributed by atoms with Crippen molar-refractivity contribution in [2.24, 2.45) is 11.1 Å². The Labute approximate surface area is 99.6 Å². The van der Waals surface area contributed by atoms with Crippen LogP contribution in [0.3, 0.4) is 0 Å². The van der Waals surface area contributed by atoms with Crippen LogP contribution in [0.2, 0.25) is 0 Å². The molecule has 0 saturated carbocycles. The molecule has 4 nitrogen and oxygen atoms in total. The molecule has 0 saturated heterocycles. The second kappa shape index (κ2) is 5.64. The van der Waals surface area contributed by atoms with Gasteiger partial charge in [0.1, 0.15) is 0 Å². The average Bonchev–Trinajstić information content (AvgIpc) is 1.98. The third kappa shape index (κ3) is 7.65. The van der Waals surface area contributed by atoms with Crippen molar-refractivity contribution in [2.45, 2.75) is 40.2 Å². The molecule has 0 aromatic carbocycles. The van der Waals surface area contributed by atoms with Crippen LogP contribution in [0.5, 0.6) is 0 Å². The number of rotatable bonds is 5. The third-order valence-electron chi connectivity index (χ3n) is 2.18. The van der Waals surface area contributed by atoms with Gasteiger partial charge in [-0.1, -0.05) is 13.8 Å². The molecular formula is C12H27N3O. The molecule has 0 aliphatic carbocycles. The fourth-order valence-electron chi connectivity index (χ4n) is 1.55. The molecule has 0 aliphatic heterocycles. The van der Waals surface area contributed by atoms with Crippen LogP contribution in [0.4, 0.5) is 0 Å². The Kier molecular flexibility index (Phi) is 5.42. The molecule has 96 valence electrons. The average molecular weight is 229 g/mol. The van der Waals surface area contributed by atoms with Crippen LogP contribution < -0.4 is 11.1 Å². The minimum Gasteiger partial charge on any atom is -0.350 e. The lowest BCUT2D eigenvalue weighted by molar-refractivity contribution is -0.123. The summed E-state index contributed by atoms with van der Waals surface area (Å²) in [5.41, 5.74) is 5.55. The van der Waals surface area contributed by atoms with Gasteiger partial charge in [-0.05, 0) is 39.8 Å². The van der Waals surface area contributed by atoms with Crippen molar-refractivity contribution < 1.29 is 4.79 Å². The zero-order valence-electron chi connectivity index (χ0n) is 11.6. The van der Waals surface area contributed by atoms with Gasteiger partial charge in [0.25, 0.3) is 0 Å². The fourth-order valence-corrected chi connectivity index (χ4v) is 1.55. The molecule has 0 aliphatic rings. The van der Waals surface area contributed by atoms with E-state index < -0.39 is 0 Å². The highest BCUT2D eigenvalue weighted by Crippen LogP contribution is 2.13. The minimum absolute atomic E-state index is 0.0523. The van der Waals surface area contributed by atoms with Crippen molar-refractivity contribution >= 4 is 5.91 Å². The molecule has 0 spiro atoms. The molecular weight excluding hydrogens is 202 g/mol. The molecule has 0 radical (unpaired) electrons. The quantitative estimate of drug-likeness (QED) is 0.734. The second-order valence-corrected chi connectivity index (χ2v) is 6.34. The predicted molar refractivity (Wildman–Crippen MR) is 68.2 cm³/mol. The van der Waals surface area contributed by atoms with Crippen molar-refractivity contribution in [3.63, 3.8) is 0 Å². The van der Waals surface area contributed by atoms with E-state index in [0.29, 0.717) is 13.1 Å². The predicted octanol–water partition coefficient (Wildman–Crippen LogP) is 0.818. The number of nitrogens with zero attached hydrogens (tertiary/aromatic N) is 1. The van der Waals surface area contributed by atoms with Crippen molar-refractivity contribution in [2.75, 3.05) is 26.7 Å². The standard InChI is InChI=1S/C12H27N3O/c1-11(2,3)14-10(16)7-15(6)9-12(4,5)8-13/h7-9,13H2,1-6H3,(H,14,16). The lowest BCUT2D eigenvalue weighted by Gasteiger charge is -2.29. The van der Waals surface area contributed by atoms with E-state index in [-0.39, 0.29) is 16.9 Å². The Morgan fingerprint density at radius 3 is 2.12 bits per heavy atom. The van der Waals surface area contributed by atoms with Crippen molar-refractivity contribution in [1.82, 2.24) is 10.2 Å². The van der Waals surface area contributed by atoms with E-state index >= 15 is 0 Å². The van der Waals surface area contributed by atoms with Crippen molar-refractivity contribution in [1.29, 1.82) is 0 Å². The summed E-state index contributed by atoms with van der Waals surface area (Å²) < 4.78 is 0. The van der Waals surface area contributed by atoms with Crippen LogP contribution in [0.1, 0.15) is 34.6 Å². The molecule has 0 fully saturated rings. The summed E-state index contributed by atoms with van der Waals surface area (Å²) in [4.78, 5) is 13.7. The molecule has 16 heavy (non-hydrogen) atoms. The number of likely N-dealkylation sites (N-methyl/N-ethyl adjacent to an activating group) is 1. The van der Waals surface area contributed by atoms with Gasteiger partial charge in [-0.2, -0.15) is 0 Å². The Balaban J connectivity index is 4.06. The number of hydrogen-bond acceptors (Lipinski definition) is 3. The summed E-state index contributed by atoms with van der Waals surface area (Å²) >= 11 is 0. The molecule has 0 atom stereocenters. The minimum atomic E-state index is -0.165. The molecule has 0 bridgehead atoms. The second-order valence-electron chi connectivity index (χ2n) is 6.34. The lowest BCUT2D eigenvalue weighted by atomic mass is 9.93. The van der Waals surface area contributed by atoms with Crippen molar-refractivity contribution in [3.05, 3.63) is 0 Å². The first-order valence-electron chi connectivity index (χ1n) is 5.75. The number of hydrogen-bond donors (Lipinski definition) is 2. The topological polar surface area (TPSA) is 58.4 Å². The number of nitrogens with two attached hydrogens (primary N) is 1. The van der Waals surface area contributed by atoms with Gasteiger partial charge in [0.2, 0.25) is 5.91 Å². The van der Waals surface area contributed by atoms with Gasteiger partial charge in [0.15, 0.2) is 0 Å². The van der Waals surface area contributed by atoms with Gasteiger partial charge >= 0.3 is 0 Å². The first-order chi connectivity index (χ1) is 7.06. The number of amides is 1. The number of carbonyl (C=O) groups is 1.